The first-order valence-corrected chi connectivity index (χ1v) is 47.3. The third kappa shape index (κ3) is 36.0. The van der Waals surface area contributed by atoms with Gasteiger partial charge in [-0.25, -0.2) is 0 Å². The normalized spacial score (nSPS) is 19.2. The van der Waals surface area contributed by atoms with E-state index in [0.29, 0.717) is 119 Å². The SMILES string of the molecule is CCCCCCCCCCOc1ccc(CCNC2CCC(C(=O)O)(C(=O)O)C2)cc1Cl.CCCCCCCCCOc1ccc(CCNC2CCC(C(=O)O)(C(=O)O)C2)cc1Cl.CCCCCCCCCc1ccc(CNC2CCC(C(=O)O)(C(=O)N(C)C)C2)cc1.CCCCCCCCc1ccc(CNC2CCC(C(=O)O)(C(=O)NCC)C2)cc1. The summed E-state index contributed by atoms with van der Waals surface area (Å²) in [6, 6.07) is 28.9. The highest BCUT2D eigenvalue weighted by Crippen LogP contribution is 2.43. The largest absolute Gasteiger partial charge is 0.492 e. The van der Waals surface area contributed by atoms with Crippen molar-refractivity contribution in [3.05, 3.63) is 128 Å². The number of carboxylic acids is 6. The van der Waals surface area contributed by atoms with Gasteiger partial charge in [0.15, 0.2) is 10.8 Å². The molecule has 122 heavy (non-hydrogen) atoms. The van der Waals surface area contributed by atoms with Crippen LogP contribution in [0.2, 0.25) is 10.0 Å². The van der Waals surface area contributed by atoms with Crippen LogP contribution in [0.25, 0.3) is 0 Å². The third-order valence-electron chi connectivity index (χ3n) is 25.2. The summed E-state index contributed by atoms with van der Waals surface area (Å²) in [6.45, 7) is 15.2. The molecule has 0 spiro atoms. The molecule has 4 fully saturated rings. The van der Waals surface area contributed by atoms with Crippen molar-refractivity contribution in [3.63, 3.8) is 0 Å². The molecule has 4 saturated carbocycles. The predicted molar refractivity (Wildman–Crippen MR) is 487 cm³/mol. The molecule has 0 heterocycles. The fourth-order valence-corrected chi connectivity index (χ4v) is 17.8. The fourth-order valence-electron chi connectivity index (χ4n) is 17.3. The molecule has 0 aromatic heterocycles. The van der Waals surface area contributed by atoms with Gasteiger partial charge in [0.1, 0.15) is 22.3 Å². The second kappa shape index (κ2) is 58.0. The second-order valence-electron chi connectivity index (χ2n) is 35.0. The Morgan fingerprint density at radius 2 is 0.631 bits per heavy atom. The summed E-state index contributed by atoms with van der Waals surface area (Å²) >= 11 is 12.7. The Kier molecular flexibility index (Phi) is 50.0. The Balaban J connectivity index is 0.000000289. The molecule has 0 bridgehead atoms. The van der Waals surface area contributed by atoms with Crippen LogP contribution in [0.4, 0.5) is 0 Å². The molecule has 11 N–H and O–H groups in total. The topological polar surface area (TPSA) is 340 Å². The third-order valence-corrected chi connectivity index (χ3v) is 25.8. The predicted octanol–water partition coefficient (Wildman–Crippen LogP) is 20.2. The first-order chi connectivity index (χ1) is 58.7. The van der Waals surface area contributed by atoms with Crippen molar-refractivity contribution < 1.29 is 78.5 Å². The number of hydrogen-bond donors (Lipinski definition) is 11. The fraction of sp³-hybridized carbons (Fsp3) is 0.673. The smallest absolute Gasteiger partial charge is 0.321 e. The zero-order valence-electron chi connectivity index (χ0n) is 74.9. The maximum atomic E-state index is 12.5. The lowest BCUT2D eigenvalue weighted by Gasteiger charge is -2.26. The molecule has 22 nitrogen and oxygen atoms in total. The number of carboxylic acid groups (broad SMARTS) is 6. The van der Waals surface area contributed by atoms with Crippen LogP contribution in [0, 0.1) is 21.7 Å². The molecule has 24 heteroatoms. The maximum absolute atomic E-state index is 12.5. The number of amides is 2. The van der Waals surface area contributed by atoms with Crippen LogP contribution in [0.5, 0.6) is 11.5 Å². The van der Waals surface area contributed by atoms with E-state index < -0.39 is 57.5 Å². The van der Waals surface area contributed by atoms with Crippen molar-refractivity contribution in [2.45, 2.75) is 354 Å². The Hall–Kier alpha value is -7.34. The van der Waals surface area contributed by atoms with E-state index in [-0.39, 0.29) is 61.7 Å². The number of aryl methyl sites for hydroxylation is 2. The minimum atomic E-state index is -1.66. The van der Waals surface area contributed by atoms with Crippen molar-refractivity contribution in [2.24, 2.45) is 21.7 Å². The molecule has 684 valence electrons. The van der Waals surface area contributed by atoms with E-state index in [1.807, 2.05) is 43.3 Å². The Bertz CT molecular complexity index is 3710. The van der Waals surface area contributed by atoms with E-state index in [0.717, 1.165) is 49.7 Å². The number of carbonyl (C=O) groups is 8. The van der Waals surface area contributed by atoms with E-state index in [1.165, 1.54) is 194 Å². The number of ether oxygens (including phenoxy) is 2. The monoisotopic (exact) mass is 1740 g/mol. The molecular weight excluding hydrogens is 1590 g/mol. The standard InChI is InChI=1S/C25H38ClNO5.C25H40N2O3.C24H36ClNO5.C24H38N2O3/c1-2-3-4-5-6-7-8-9-16-32-22-11-10-19(17-21(22)26)13-15-27-20-12-14-25(18-20,23(28)29)24(30)31;1-4-5-6-7-8-9-10-11-20-12-14-21(15-13-20)19-26-22-16-17-25(18-22,24(29)30)23(28)27(2)3;1-2-3-4-5-6-7-8-15-31-21-10-9-18(16-20(21)25)12-14-26-19-11-13-24(17-19,22(27)28)23(29)30;1-3-5-6-7-8-9-10-19-11-13-20(14-12-19)18-26-21-15-16-24(17-21,23(28)29)22(27)25-4-2/h10-11,17,20,27H,2-9,12-16,18H2,1H3,(H,28,29)(H,30,31);12-15,22,26H,4-11,16-19H2,1-3H3,(H,29,30);9-10,16,19,26H,2-8,11-15,17H2,1H3,(H,27,28)(H,29,30);11-14,21,26H,3-10,15-18H2,1-2H3,(H,25,27)(H,28,29). The van der Waals surface area contributed by atoms with Crippen molar-refractivity contribution in [3.8, 4) is 11.5 Å². The van der Waals surface area contributed by atoms with Gasteiger partial charge in [-0.15, -0.1) is 0 Å². The summed E-state index contributed by atoms with van der Waals surface area (Å²) in [5.74, 6) is -6.24. The summed E-state index contributed by atoms with van der Waals surface area (Å²) in [7, 11) is 3.25. The summed E-state index contributed by atoms with van der Waals surface area (Å²) in [4.78, 5) is 95.4. The number of carbonyl (C=O) groups excluding carboxylic acids is 2. The Morgan fingerprint density at radius 3 is 0.943 bits per heavy atom. The van der Waals surface area contributed by atoms with Crippen LogP contribution < -0.4 is 36.1 Å². The highest BCUT2D eigenvalue weighted by atomic mass is 35.5. The van der Waals surface area contributed by atoms with Crippen LogP contribution in [-0.2, 0) is 77.1 Å². The van der Waals surface area contributed by atoms with E-state index in [2.05, 4.69) is 103 Å². The minimum Gasteiger partial charge on any atom is -0.492 e. The summed E-state index contributed by atoms with van der Waals surface area (Å²) in [5, 5.41) is 74.0. The molecule has 4 aromatic rings. The van der Waals surface area contributed by atoms with Crippen LogP contribution in [0.1, 0.15) is 325 Å². The highest BCUT2D eigenvalue weighted by Gasteiger charge is 2.55. The first-order valence-electron chi connectivity index (χ1n) is 46.5. The number of unbranched alkanes of at least 4 members (excludes halogenated alkanes) is 24. The number of aliphatic carboxylic acids is 6. The molecule has 0 radical (unpaired) electrons. The lowest BCUT2D eigenvalue weighted by molar-refractivity contribution is -0.166. The average Bonchev–Trinajstić information content (AvgIpc) is 1.67. The molecular formula is C98H152Cl2N6O16. The van der Waals surface area contributed by atoms with E-state index in [1.54, 1.807) is 14.1 Å². The van der Waals surface area contributed by atoms with Crippen molar-refractivity contribution in [2.75, 3.05) is 46.9 Å². The zero-order valence-corrected chi connectivity index (χ0v) is 76.4. The van der Waals surface area contributed by atoms with E-state index in [9.17, 15) is 69.0 Å². The molecule has 4 aliphatic carbocycles. The lowest BCUT2D eigenvalue weighted by Crippen LogP contribution is -2.46. The molecule has 4 aliphatic rings. The number of nitrogens with zero attached hydrogens (tertiary/aromatic N) is 1. The number of halogens is 2. The number of nitrogens with one attached hydrogen (secondary N) is 5. The van der Waals surface area contributed by atoms with Gasteiger partial charge in [0.05, 0.1) is 23.3 Å². The average molecular weight is 1740 g/mol. The van der Waals surface area contributed by atoms with Gasteiger partial charge in [0.2, 0.25) is 11.8 Å². The second-order valence-corrected chi connectivity index (χ2v) is 35.8. The quantitative estimate of drug-likeness (QED) is 0.0144. The number of hydrogen-bond acceptors (Lipinski definition) is 14. The van der Waals surface area contributed by atoms with Gasteiger partial charge >= 0.3 is 35.8 Å². The van der Waals surface area contributed by atoms with E-state index in [4.69, 9.17) is 32.7 Å². The van der Waals surface area contributed by atoms with Crippen LogP contribution >= 0.6 is 23.2 Å². The van der Waals surface area contributed by atoms with Crippen LogP contribution in [-0.4, -0.2) is 154 Å². The lowest BCUT2D eigenvalue weighted by atomic mass is 9.84. The molecule has 4 aromatic carbocycles. The van der Waals surface area contributed by atoms with Crippen LogP contribution in [0.3, 0.4) is 0 Å². The van der Waals surface area contributed by atoms with Gasteiger partial charge < -0.3 is 71.6 Å². The van der Waals surface area contributed by atoms with Gasteiger partial charge in [0.25, 0.3) is 0 Å². The summed E-state index contributed by atoms with van der Waals surface area (Å²) in [5.41, 5.74) is 1.40. The van der Waals surface area contributed by atoms with Crippen molar-refractivity contribution >= 4 is 70.8 Å². The number of benzene rings is 4. The Morgan fingerprint density at radius 1 is 0.352 bits per heavy atom. The minimum absolute atomic E-state index is 0.0523. The van der Waals surface area contributed by atoms with Gasteiger partial charge in [-0.3, -0.25) is 38.4 Å². The van der Waals surface area contributed by atoms with Gasteiger partial charge in [-0.1, -0.05) is 266 Å². The molecule has 2 amide bonds. The van der Waals surface area contributed by atoms with Crippen molar-refractivity contribution in [1.29, 1.82) is 0 Å². The highest BCUT2D eigenvalue weighted by molar-refractivity contribution is 6.32. The van der Waals surface area contributed by atoms with Gasteiger partial charge in [-0.05, 0) is 206 Å². The molecule has 6 unspecified atom stereocenters. The summed E-state index contributed by atoms with van der Waals surface area (Å²) in [6.07, 6.45) is 44.2. The molecule has 6 atom stereocenters. The zero-order chi connectivity index (χ0) is 89.2. The number of rotatable bonds is 57. The van der Waals surface area contributed by atoms with Gasteiger partial charge in [0, 0.05) is 57.9 Å². The summed E-state index contributed by atoms with van der Waals surface area (Å²) < 4.78 is 11.6. The molecule has 0 aliphatic heterocycles. The van der Waals surface area contributed by atoms with Gasteiger partial charge in [-0.2, -0.15) is 0 Å². The molecule has 8 rings (SSSR count). The maximum Gasteiger partial charge on any atom is 0.321 e. The molecule has 0 saturated heterocycles. The first kappa shape index (κ1) is 105. The van der Waals surface area contributed by atoms with Crippen molar-refractivity contribution in [1.82, 2.24) is 31.5 Å². The Labute approximate surface area is 739 Å². The van der Waals surface area contributed by atoms with E-state index >= 15 is 0 Å². The van der Waals surface area contributed by atoms with Crippen LogP contribution in [0.15, 0.2) is 84.9 Å².